The molecule has 2 rings (SSSR count). The van der Waals surface area contributed by atoms with Crippen molar-refractivity contribution in [1.82, 2.24) is 9.80 Å². The number of likely N-dealkylation sites (tertiary alicyclic amines) is 1. The molecule has 1 heterocycles. The van der Waals surface area contributed by atoms with E-state index >= 15 is 0 Å². The first-order valence-electron chi connectivity index (χ1n) is 8.27. The lowest BCUT2D eigenvalue weighted by molar-refractivity contribution is -0.139. The van der Waals surface area contributed by atoms with Crippen molar-refractivity contribution < 1.29 is 9.59 Å². The van der Waals surface area contributed by atoms with Gasteiger partial charge in [0.1, 0.15) is 0 Å². The molecule has 1 aromatic rings. The Bertz CT molecular complexity index is 558. The van der Waals surface area contributed by atoms with Crippen LogP contribution in [0.1, 0.15) is 32.3 Å². The first-order valence-corrected chi connectivity index (χ1v) is 8.27. The molecule has 0 unspecified atom stereocenters. The number of amides is 2. The van der Waals surface area contributed by atoms with Gasteiger partial charge in [-0.3, -0.25) is 9.59 Å². The second kappa shape index (κ2) is 7.95. The number of carbonyl (C=O) groups is 2. The summed E-state index contributed by atoms with van der Waals surface area (Å²) in [5.74, 6) is 0.272. The summed E-state index contributed by atoms with van der Waals surface area (Å²) in [6.07, 6.45) is 4.96. The summed E-state index contributed by atoms with van der Waals surface area (Å²) in [7, 11) is 1.85. The normalized spacial score (nSPS) is 16.1. The molecular weight excluding hydrogens is 288 g/mol. The molecule has 0 radical (unpaired) electrons. The van der Waals surface area contributed by atoms with Gasteiger partial charge in [-0.05, 0) is 38.3 Å². The molecule has 1 fully saturated rings. The zero-order valence-electron chi connectivity index (χ0n) is 14.2. The molecular formula is C19H26N2O2. The predicted octanol–water partition coefficient (Wildman–Crippen LogP) is 2.81. The van der Waals surface area contributed by atoms with Gasteiger partial charge < -0.3 is 9.80 Å². The number of benzene rings is 1. The number of rotatable bonds is 4. The van der Waals surface area contributed by atoms with Gasteiger partial charge in [-0.15, -0.1) is 0 Å². The van der Waals surface area contributed by atoms with E-state index in [1.165, 1.54) is 0 Å². The Labute approximate surface area is 138 Å². The molecule has 4 heteroatoms. The van der Waals surface area contributed by atoms with Gasteiger partial charge in [0.05, 0.1) is 0 Å². The maximum absolute atomic E-state index is 12.3. The van der Waals surface area contributed by atoms with Gasteiger partial charge in [0.25, 0.3) is 0 Å². The summed E-state index contributed by atoms with van der Waals surface area (Å²) in [5.41, 5.74) is 1.02. The Hall–Kier alpha value is -2.10. The molecule has 1 saturated heterocycles. The molecule has 0 atom stereocenters. The van der Waals surface area contributed by atoms with Crippen molar-refractivity contribution in [3.8, 4) is 0 Å². The summed E-state index contributed by atoms with van der Waals surface area (Å²) in [5, 5.41) is 0. The minimum Gasteiger partial charge on any atom is -0.343 e. The maximum Gasteiger partial charge on any atom is 0.246 e. The van der Waals surface area contributed by atoms with Gasteiger partial charge in [0.2, 0.25) is 11.8 Å². The fourth-order valence-corrected chi connectivity index (χ4v) is 2.73. The maximum atomic E-state index is 12.3. The van der Waals surface area contributed by atoms with Crippen molar-refractivity contribution in [1.29, 1.82) is 0 Å². The summed E-state index contributed by atoms with van der Waals surface area (Å²) < 4.78 is 0. The van der Waals surface area contributed by atoms with Crippen molar-refractivity contribution in [2.45, 2.75) is 32.7 Å². The lowest BCUT2D eigenvalue weighted by Gasteiger charge is -2.33. The van der Waals surface area contributed by atoms with Gasteiger partial charge in [-0.2, -0.15) is 0 Å². The lowest BCUT2D eigenvalue weighted by Crippen LogP contribution is -2.44. The standard InChI is InChI=1S/C19H26N2O2/c1-15(2)20(3)19(23)17-11-13-21(14-12-17)18(22)10-9-16-7-5-4-6-8-16/h4-10,15,17H,11-14H2,1-3H3/b10-9+. The van der Waals surface area contributed by atoms with Gasteiger partial charge >= 0.3 is 0 Å². The van der Waals surface area contributed by atoms with Crippen LogP contribution in [0, 0.1) is 5.92 Å². The topological polar surface area (TPSA) is 40.6 Å². The van der Waals surface area contributed by atoms with Crippen LogP contribution in [-0.2, 0) is 9.59 Å². The van der Waals surface area contributed by atoms with E-state index in [4.69, 9.17) is 0 Å². The average molecular weight is 314 g/mol. The van der Waals surface area contributed by atoms with Crippen molar-refractivity contribution >= 4 is 17.9 Å². The van der Waals surface area contributed by atoms with Crippen molar-refractivity contribution in [2.24, 2.45) is 5.92 Å². The van der Waals surface area contributed by atoms with E-state index in [0.717, 1.165) is 18.4 Å². The Kier molecular flexibility index (Phi) is 5.97. The molecule has 1 aliphatic rings. The highest BCUT2D eigenvalue weighted by atomic mass is 16.2. The predicted molar refractivity (Wildman–Crippen MR) is 92.7 cm³/mol. The van der Waals surface area contributed by atoms with Gasteiger partial charge in [-0.25, -0.2) is 0 Å². The van der Waals surface area contributed by atoms with Gasteiger partial charge in [0, 0.05) is 38.2 Å². The lowest BCUT2D eigenvalue weighted by atomic mass is 9.95. The highest BCUT2D eigenvalue weighted by Gasteiger charge is 2.29. The number of nitrogens with zero attached hydrogens (tertiary/aromatic N) is 2. The van der Waals surface area contributed by atoms with E-state index in [1.54, 1.807) is 11.0 Å². The Morgan fingerprint density at radius 3 is 2.35 bits per heavy atom. The molecule has 124 valence electrons. The molecule has 0 aliphatic carbocycles. The fourth-order valence-electron chi connectivity index (χ4n) is 2.73. The molecule has 1 aliphatic heterocycles. The van der Waals surface area contributed by atoms with Crippen LogP contribution in [0.15, 0.2) is 36.4 Å². The summed E-state index contributed by atoms with van der Waals surface area (Å²) in [4.78, 5) is 28.2. The van der Waals surface area contributed by atoms with Crippen LogP contribution < -0.4 is 0 Å². The monoisotopic (exact) mass is 314 g/mol. The largest absolute Gasteiger partial charge is 0.343 e. The third kappa shape index (κ3) is 4.68. The number of hydrogen-bond acceptors (Lipinski definition) is 2. The highest BCUT2D eigenvalue weighted by molar-refractivity contribution is 5.92. The third-order valence-electron chi connectivity index (χ3n) is 4.50. The molecule has 23 heavy (non-hydrogen) atoms. The second-order valence-electron chi connectivity index (χ2n) is 6.39. The van der Waals surface area contributed by atoms with E-state index in [1.807, 2.05) is 62.2 Å². The van der Waals surface area contributed by atoms with E-state index in [2.05, 4.69) is 0 Å². The van der Waals surface area contributed by atoms with Crippen LogP contribution in [0.3, 0.4) is 0 Å². The minimum atomic E-state index is 0.0250. The van der Waals surface area contributed by atoms with E-state index in [9.17, 15) is 9.59 Å². The molecule has 1 aromatic carbocycles. The quantitative estimate of drug-likeness (QED) is 0.802. The molecule has 4 nitrogen and oxygen atoms in total. The third-order valence-corrected chi connectivity index (χ3v) is 4.50. The van der Waals surface area contributed by atoms with Crippen molar-refractivity contribution in [3.05, 3.63) is 42.0 Å². The van der Waals surface area contributed by atoms with Gasteiger partial charge in [0.15, 0.2) is 0 Å². The van der Waals surface area contributed by atoms with Crippen LogP contribution >= 0.6 is 0 Å². The summed E-state index contributed by atoms with van der Waals surface area (Å²) in [6, 6.07) is 10.0. The van der Waals surface area contributed by atoms with E-state index < -0.39 is 0 Å². The van der Waals surface area contributed by atoms with Crippen LogP contribution in [0.25, 0.3) is 6.08 Å². The van der Waals surface area contributed by atoms with Crippen LogP contribution in [0.4, 0.5) is 0 Å². The first kappa shape index (κ1) is 17.3. The van der Waals surface area contributed by atoms with Crippen molar-refractivity contribution in [3.63, 3.8) is 0 Å². The summed E-state index contributed by atoms with van der Waals surface area (Å²) >= 11 is 0. The molecule has 0 saturated carbocycles. The zero-order valence-corrected chi connectivity index (χ0v) is 14.2. The number of carbonyl (C=O) groups excluding carboxylic acids is 2. The summed E-state index contributed by atoms with van der Waals surface area (Å²) in [6.45, 7) is 5.34. The second-order valence-corrected chi connectivity index (χ2v) is 6.39. The van der Waals surface area contributed by atoms with E-state index in [0.29, 0.717) is 13.1 Å². The Morgan fingerprint density at radius 1 is 1.17 bits per heavy atom. The number of hydrogen-bond donors (Lipinski definition) is 0. The molecule has 0 spiro atoms. The molecule has 0 bridgehead atoms. The Morgan fingerprint density at radius 2 is 1.78 bits per heavy atom. The number of piperidine rings is 1. The van der Waals surface area contributed by atoms with Crippen LogP contribution in [0.2, 0.25) is 0 Å². The van der Waals surface area contributed by atoms with Crippen LogP contribution in [-0.4, -0.2) is 47.8 Å². The van der Waals surface area contributed by atoms with Crippen molar-refractivity contribution in [2.75, 3.05) is 20.1 Å². The van der Waals surface area contributed by atoms with Gasteiger partial charge in [-0.1, -0.05) is 30.3 Å². The zero-order chi connectivity index (χ0) is 16.8. The van der Waals surface area contributed by atoms with Crippen LogP contribution in [0.5, 0.6) is 0 Å². The first-order chi connectivity index (χ1) is 11.0. The average Bonchev–Trinajstić information content (AvgIpc) is 2.59. The minimum absolute atomic E-state index is 0.0250. The van der Waals surface area contributed by atoms with E-state index in [-0.39, 0.29) is 23.8 Å². The SMILES string of the molecule is CC(C)N(C)C(=O)C1CCN(C(=O)/C=C/c2ccccc2)CC1. The smallest absolute Gasteiger partial charge is 0.246 e. The molecule has 2 amide bonds. The molecule has 0 aromatic heterocycles. The fraction of sp³-hybridized carbons (Fsp3) is 0.474. The highest BCUT2D eigenvalue weighted by Crippen LogP contribution is 2.20. The molecule has 0 N–H and O–H groups in total. The Balaban J connectivity index is 1.85.